The maximum Gasteiger partial charge on any atom is 0.172 e. The summed E-state index contributed by atoms with van der Waals surface area (Å²) < 4.78 is 13.0. The zero-order chi connectivity index (χ0) is 15.5. The van der Waals surface area contributed by atoms with Gasteiger partial charge in [0.15, 0.2) is 17.8 Å². The summed E-state index contributed by atoms with van der Waals surface area (Å²) in [5, 5.41) is 8.11. The molecule has 0 bridgehead atoms. The average molecular weight is 301 g/mol. The van der Waals surface area contributed by atoms with Gasteiger partial charge >= 0.3 is 0 Å². The summed E-state index contributed by atoms with van der Waals surface area (Å²) in [5.74, 6) is 1.75. The first-order valence-corrected chi connectivity index (χ1v) is 7.59. The molecule has 0 amide bonds. The van der Waals surface area contributed by atoms with Crippen molar-refractivity contribution >= 4 is 6.29 Å². The largest absolute Gasteiger partial charge is 0.490 e. The molecule has 1 aromatic carbocycles. The standard InChI is InChI=1S/C16H19N3O3/c1-3-21-14-8-7-12(9-15(14)22-4-2)19-16(11-5-6-11)13(10-20)17-18-19/h7-11H,3-6H2,1-2H3. The summed E-state index contributed by atoms with van der Waals surface area (Å²) >= 11 is 0. The molecule has 6 nitrogen and oxygen atoms in total. The topological polar surface area (TPSA) is 66.2 Å². The molecule has 0 aliphatic heterocycles. The molecule has 0 saturated heterocycles. The monoisotopic (exact) mass is 301 g/mol. The Balaban J connectivity index is 2.03. The van der Waals surface area contributed by atoms with Gasteiger partial charge in [0, 0.05) is 12.0 Å². The SMILES string of the molecule is CCOc1ccc(-n2nnc(C=O)c2C2CC2)cc1OCC. The van der Waals surface area contributed by atoms with E-state index in [4.69, 9.17) is 9.47 Å². The number of hydrogen-bond donors (Lipinski definition) is 0. The number of hydrogen-bond acceptors (Lipinski definition) is 5. The van der Waals surface area contributed by atoms with E-state index in [9.17, 15) is 4.79 Å². The molecule has 0 radical (unpaired) electrons. The molecule has 0 atom stereocenters. The number of nitrogens with zero attached hydrogens (tertiary/aromatic N) is 3. The summed E-state index contributed by atoms with van der Waals surface area (Å²) in [7, 11) is 0. The van der Waals surface area contributed by atoms with Crippen molar-refractivity contribution in [1.29, 1.82) is 0 Å². The van der Waals surface area contributed by atoms with Crippen molar-refractivity contribution < 1.29 is 14.3 Å². The van der Waals surface area contributed by atoms with Gasteiger partial charge in [-0.25, -0.2) is 4.68 Å². The minimum absolute atomic E-state index is 0.373. The molecule has 6 heteroatoms. The highest BCUT2D eigenvalue weighted by molar-refractivity contribution is 5.74. The Morgan fingerprint density at radius 1 is 1.23 bits per heavy atom. The predicted octanol–water partition coefficient (Wildman–Crippen LogP) is 2.75. The fourth-order valence-electron chi connectivity index (χ4n) is 2.49. The second kappa shape index (κ2) is 6.17. The smallest absolute Gasteiger partial charge is 0.172 e. The Labute approximate surface area is 129 Å². The molecule has 1 fully saturated rings. The minimum atomic E-state index is 0.373. The van der Waals surface area contributed by atoms with Gasteiger partial charge < -0.3 is 9.47 Å². The van der Waals surface area contributed by atoms with Crippen molar-refractivity contribution in [2.75, 3.05) is 13.2 Å². The van der Waals surface area contributed by atoms with Crippen LogP contribution in [-0.4, -0.2) is 34.5 Å². The summed E-state index contributed by atoms with van der Waals surface area (Å²) in [6.45, 7) is 4.99. The van der Waals surface area contributed by atoms with E-state index in [2.05, 4.69) is 10.3 Å². The van der Waals surface area contributed by atoms with Gasteiger partial charge in [-0.2, -0.15) is 0 Å². The molecular formula is C16H19N3O3. The molecule has 22 heavy (non-hydrogen) atoms. The normalized spacial score (nSPS) is 13.9. The van der Waals surface area contributed by atoms with Gasteiger partial charge in [-0.3, -0.25) is 4.79 Å². The van der Waals surface area contributed by atoms with Crippen molar-refractivity contribution in [3.8, 4) is 17.2 Å². The van der Waals surface area contributed by atoms with Crippen LogP contribution < -0.4 is 9.47 Å². The van der Waals surface area contributed by atoms with Crippen molar-refractivity contribution in [3.05, 3.63) is 29.6 Å². The average Bonchev–Trinajstić information content (AvgIpc) is 3.28. The third-order valence-electron chi connectivity index (χ3n) is 3.58. The van der Waals surface area contributed by atoms with Crippen molar-refractivity contribution in [1.82, 2.24) is 15.0 Å². The summed E-state index contributed by atoms with van der Waals surface area (Å²) in [6, 6.07) is 5.65. The predicted molar refractivity (Wildman–Crippen MR) is 81.1 cm³/mol. The van der Waals surface area contributed by atoms with E-state index < -0.39 is 0 Å². The Kier molecular flexibility index (Phi) is 4.09. The zero-order valence-electron chi connectivity index (χ0n) is 12.8. The highest BCUT2D eigenvalue weighted by Crippen LogP contribution is 2.42. The first-order valence-electron chi connectivity index (χ1n) is 7.59. The number of benzene rings is 1. The van der Waals surface area contributed by atoms with Crippen LogP contribution in [-0.2, 0) is 0 Å². The van der Waals surface area contributed by atoms with Crippen LogP contribution in [0.1, 0.15) is 48.8 Å². The third-order valence-corrected chi connectivity index (χ3v) is 3.58. The quantitative estimate of drug-likeness (QED) is 0.736. The molecule has 0 unspecified atom stereocenters. The van der Waals surface area contributed by atoms with Crippen LogP contribution in [0.2, 0.25) is 0 Å². The van der Waals surface area contributed by atoms with E-state index in [0.29, 0.717) is 36.3 Å². The summed E-state index contributed by atoms with van der Waals surface area (Å²) in [6.07, 6.45) is 2.92. The maximum absolute atomic E-state index is 11.2. The number of carbonyl (C=O) groups excluding carboxylic acids is 1. The van der Waals surface area contributed by atoms with Crippen LogP contribution in [0.5, 0.6) is 11.5 Å². The molecule has 1 aliphatic carbocycles. The van der Waals surface area contributed by atoms with Gasteiger partial charge in [-0.05, 0) is 38.8 Å². The number of carbonyl (C=O) groups is 1. The Morgan fingerprint density at radius 2 is 1.95 bits per heavy atom. The maximum atomic E-state index is 11.2. The Morgan fingerprint density at radius 3 is 2.59 bits per heavy atom. The van der Waals surface area contributed by atoms with Gasteiger partial charge in [-0.15, -0.1) is 5.10 Å². The highest BCUT2D eigenvalue weighted by Gasteiger charge is 2.31. The van der Waals surface area contributed by atoms with Gasteiger partial charge in [0.25, 0.3) is 0 Å². The summed E-state index contributed by atoms with van der Waals surface area (Å²) in [5.41, 5.74) is 2.14. The molecule has 3 rings (SSSR count). The molecule has 1 aliphatic rings. The lowest BCUT2D eigenvalue weighted by Gasteiger charge is -2.13. The highest BCUT2D eigenvalue weighted by atomic mass is 16.5. The number of aromatic nitrogens is 3. The van der Waals surface area contributed by atoms with Crippen molar-refractivity contribution in [2.45, 2.75) is 32.6 Å². The Bertz CT molecular complexity index is 677. The van der Waals surface area contributed by atoms with E-state index in [0.717, 1.165) is 30.5 Å². The summed E-state index contributed by atoms with van der Waals surface area (Å²) in [4.78, 5) is 11.2. The van der Waals surface area contributed by atoms with Crippen molar-refractivity contribution in [2.24, 2.45) is 0 Å². The molecule has 0 N–H and O–H groups in total. The van der Waals surface area contributed by atoms with E-state index in [1.807, 2.05) is 32.0 Å². The van der Waals surface area contributed by atoms with Crippen LogP contribution in [0.3, 0.4) is 0 Å². The lowest BCUT2D eigenvalue weighted by atomic mass is 10.2. The van der Waals surface area contributed by atoms with Crippen LogP contribution >= 0.6 is 0 Å². The van der Waals surface area contributed by atoms with Crippen LogP contribution in [0.25, 0.3) is 5.69 Å². The number of ether oxygens (including phenoxy) is 2. The minimum Gasteiger partial charge on any atom is -0.490 e. The van der Waals surface area contributed by atoms with Gasteiger partial charge in [0.05, 0.1) is 24.6 Å². The fraction of sp³-hybridized carbons (Fsp3) is 0.438. The first-order chi connectivity index (χ1) is 10.8. The molecule has 116 valence electrons. The van der Waals surface area contributed by atoms with Gasteiger partial charge in [0.2, 0.25) is 0 Å². The second-order valence-corrected chi connectivity index (χ2v) is 5.16. The lowest BCUT2D eigenvalue weighted by molar-refractivity contribution is 0.111. The lowest BCUT2D eigenvalue weighted by Crippen LogP contribution is -2.04. The second-order valence-electron chi connectivity index (χ2n) is 5.16. The number of aldehydes is 1. The van der Waals surface area contributed by atoms with E-state index >= 15 is 0 Å². The molecule has 1 heterocycles. The number of rotatable bonds is 7. The molecule has 0 spiro atoms. The fourth-order valence-corrected chi connectivity index (χ4v) is 2.49. The first kappa shape index (κ1) is 14.6. The van der Waals surface area contributed by atoms with E-state index in [1.54, 1.807) is 4.68 Å². The van der Waals surface area contributed by atoms with Crippen LogP contribution in [0.15, 0.2) is 18.2 Å². The third kappa shape index (κ3) is 2.68. The van der Waals surface area contributed by atoms with Gasteiger partial charge in [0.1, 0.15) is 5.69 Å². The van der Waals surface area contributed by atoms with Crippen molar-refractivity contribution in [3.63, 3.8) is 0 Å². The molecular weight excluding hydrogens is 282 g/mol. The Hall–Kier alpha value is -2.37. The van der Waals surface area contributed by atoms with Crippen LogP contribution in [0.4, 0.5) is 0 Å². The molecule has 1 saturated carbocycles. The molecule has 1 aromatic heterocycles. The van der Waals surface area contributed by atoms with Crippen LogP contribution in [0, 0.1) is 0 Å². The van der Waals surface area contributed by atoms with E-state index in [1.165, 1.54) is 0 Å². The van der Waals surface area contributed by atoms with E-state index in [-0.39, 0.29) is 0 Å². The van der Waals surface area contributed by atoms with Gasteiger partial charge in [-0.1, -0.05) is 5.21 Å². The zero-order valence-corrected chi connectivity index (χ0v) is 12.8. The molecule has 2 aromatic rings.